The number of halogens is 1. The predicted molar refractivity (Wildman–Crippen MR) is 75.6 cm³/mol. The lowest BCUT2D eigenvalue weighted by Gasteiger charge is -2.06. The molecule has 5 heteroatoms. The van der Waals surface area contributed by atoms with Gasteiger partial charge in [0.25, 0.3) is 0 Å². The van der Waals surface area contributed by atoms with Gasteiger partial charge in [0, 0.05) is 0 Å². The number of benzene rings is 2. The molecule has 1 aromatic heterocycles. The Hall–Kier alpha value is -1.78. The molecule has 0 atom stereocenters. The van der Waals surface area contributed by atoms with E-state index in [2.05, 4.69) is 4.98 Å². The van der Waals surface area contributed by atoms with Gasteiger partial charge in [0.2, 0.25) is 0 Å². The summed E-state index contributed by atoms with van der Waals surface area (Å²) in [5.74, 6) is 1.42. The van der Waals surface area contributed by atoms with Crippen LogP contribution in [-0.4, -0.2) is 4.98 Å². The zero-order chi connectivity index (χ0) is 12.5. The van der Waals surface area contributed by atoms with Crippen molar-refractivity contribution in [3.63, 3.8) is 0 Å². The van der Waals surface area contributed by atoms with Gasteiger partial charge in [-0.3, -0.25) is 0 Å². The Labute approximate surface area is 113 Å². The highest BCUT2D eigenvalue weighted by Crippen LogP contribution is 2.37. The SMILES string of the molecule is Nc1nc2c(Oc3ccccc3)ccc(Cl)c2s1. The lowest BCUT2D eigenvalue weighted by atomic mass is 10.3. The van der Waals surface area contributed by atoms with E-state index in [1.54, 1.807) is 12.1 Å². The van der Waals surface area contributed by atoms with Gasteiger partial charge in [-0.1, -0.05) is 41.1 Å². The Bertz CT molecular complexity index is 697. The summed E-state index contributed by atoms with van der Waals surface area (Å²) in [5.41, 5.74) is 6.42. The standard InChI is InChI=1S/C13H9ClN2OS/c14-9-6-7-10(11-12(9)18-13(15)16-11)17-8-4-2-1-3-5-8/h1-7H,(H2,15,16). The largest absolute Gasteiger partial charge is 0.455 e. The van der Waals surface area contributed by atoms with Gasteiger partial charge in [-0.25, -0.2) is 4.98 Å². The number of fused-ring (bicyclic) bond motifs is 1. The first-order chi connectivity index (χ1) is 8.74. The Kier molecular flexibility index (Phi) is 2.81. The molecule has 3 aromatic rings. The van der Waals surface area contributed by atoms with Gasteiger partial charge in [0.05, 0.1) is 9.72 Å². The number of para-hydroxylation sites is 1. The van der Waals surface area contributed by atoms with Gasteiger partial charge in [-0.15, -0.1) is 0 Å². The molecule has 0 radical (unpaired) electrons. The number of rotatable bonds is 2. The maximum absolute atomic E-state index is 6.10. The lowest BCUT2D eigenvalue weighted by Crippen LogP contribution is -1.86. The molecular weight excluding hydrogens is 268 g/mol. The quantitative estimate of drug-likeness (QED) is 0.758. The van der Waals surface area contributed by atoms with E-state index in [1.165, 1.54) is 11.3 Å². The van der Waals surface area contributed by atoms with E-state index in [4.69, 9.17) is 22.1 Å². The van der Waals surface area contributed by atoms with Crippen LogP contribution in [0.2, 0.25) is 5.02 Å². The number of nitrogen functional groups attached to an aromatic ring is 1. The first-order valence-electron chi connectivity index (χ1n) is 5.31. The number of thiazole rings is 1. The van der Waals surface area contributed by atoms with Crippen LogP contribution in [0.5, 0.6) is 11.5 Å². The minimum Gasteiger partial charge on any atom is -0.455 e. The van der Waals surface area contributed by atoms with Crippen LogP contribution in [0.15, 0.2) is 42.5 Å². The van der Waals surface area contributed by atoms with E-state index in [1.807, 2.05) is 30.3 Å². The molecule has 2 aromatic carbocycles. The maximum atomic E-state index is 6.10. The molecule has 0 fully saturated rings. The summed E-state index contributed by atoms with van der Waals surface area (Å²) in [6.45, 7) is 0. The first-order valence-corrected chi connectivity index (χ1v) is 6.51. The van der Waals surface area contributed by atoms with Crippen LogP contribution in [0.4, 0.5) is 5.13 Å². The van der Waals surface area contributed by atoms with Crippen LogP contribution < -0.4 is 10.5 Å². The summed E-state index contributed by atoms with van der Waals surface area (Å²) in [7, 11) is 0. The van der Waals surface area contributed by atoms with Gasteiger partial charge in [-0.2, -0.15) is 0 Å². The van der Waals surface area contributed by atoms with Crippen LogP contribution in [0.3, 0.4) is 0 Å². The van der Waals surface area contributed by atoms with Crippen LogP contribution in [0.25, 0.3) is 10.2 Å². The lowest BCUT2D eigenvalue weighted by molar-refractivity contribution is 0.487. The van der Waals surface area contributed by atoms with Gasteiger partial charge in [0.1, 0.15) is 11.3 Å². The normalized spacial score (nSPS) is 10.7. The summed E-state index contributed by atoms with van der Waals surface area (Å²) >= 11 is 7.46. The van der Waals surface area contributed by atoms with Crippen LogP contribution >= 0.6 is 22.9 Å². The Morgan fingerprint density at radius 1 is 1.11 bits per heavy atom. The molecule has 0 saturated carbocycles. The Morgan fingerprint density at radius 2 is 1.89 bits per heavy atom. The molecule has 1 heterocycles. The summed E-state index contributed by atoms with van der Waals surface area (Å²) in [5, 5.41) is 1.12. The number of hydrogen-bond donors (Lipinski definition) is 1. The van der Waals surface area contributed by atoms with Crippen LogP contribution in [0, 0.1) is 0 Å². The van der Waals surface area contributed by atoms with E-state index in [0.717, 1.165) is 10.4 Å². The molecular formula is C13H9ClN2OS. The molecule has 0 unspecified atom stereocenters. The van der Waals surface area contributed by atoms with Crippen molar-refractivity contribution in [1.29, 1.82) is 0 Å². The third-order valence-electron chi connectivity index (χ3n) is 2.45. The van der Waals surface area contributed by atoms with Crippen molar-refractivity contribution >= 4 is 38.3 Å². The van der Waals surface area contributed by atoms with E-state index in [-0.39, 0.29) is 0 Å². The van der Waals surface area contributed by atoms with Crippen LogP contribution in [0.1, 0.15) is 0 Å². The summed E-state index contributed by atoms with van der Waals surface area (Å²) < 4.78 is 6.64. The molecule has 3 rings (SSSR count). The van der Waals surface area contributed by atoms with Crippen molar-refractivity contribution in [3.05, 3.63) is 47.5 Å². The average Bonchev–Trinajstić information content (AvgIpc) is 2.77. The van der Waals surface area contributed by atoms with E-state index in [0.29, 0.717) is 21.4 Å². The maximum Gasteiger partial charge on any atom is 0.181 e. The molecule has 3 nitrogen and oxygen atoms in total. The molecule has 0 aliphatic rings. The second-order valence-electron chi connectivity index (χ2n) is 3.69. The minimum atomic E-state index is 0.482. The summed E-state index contributed by atoms with van der Waals surface area (Å²) in [6, 6.07) is 13.1. The van der Waals surface area contributed by atoms with Crippen molar-refractivity contribution in [2.24, 2.45) is 0 Å². The smallest absolute Gasteiger partial charge is 0.181 e. The van der Waals surface area contributed by atoms with Crippen molar-refractivity contribution in [2.75, 3.05) is 5.73 Å². The van der Waals surface area contributed by atoms with Gasteiger partial charge >= 0.3 is 0 Å². The summed E-state index contributed by atoms with van der Waals surface area (Å²) in [6.07, 6.45) is 0. The molecule has 0 aliphatic heterocycles. The third kappa shape index (κ3) is 2.00. The topological polar surface area (TPSA) is 48.1 Å². The zero-order valence-corrected chi connectivity index (χ0v) is 10.8. The predicted octanol–water partition coefficient (Wildman–Crippen LogP) is 4.32. The Balaban J connectivity index is 2.10. The minimum absolute atomic E-state index is 0.482. The number of nitrogens with zero attached hydrogens (tertiary/aromatic N) is 1. The van der Waals surface area contributed by atoms with E-state index < -0.39 is 0 Å². The van der Waals surface area contributed by atoms with Gasteiger partial charge < -0.3 is 10.5 Å². The number of hydrogen-bond acceptors (Lipinski definition) is 4. The highest BCUT2D eigenvalue weighted by Gasteiger charge is 2.11. The number of ether oxygens (including phenoxy) is 1. The molecule has 90 valence electrons. The summed E-state index contributed by atoms with van der Waals surface area (Å²) in [4.78, 5) is 4.26. The number of aromatic nitrogens is 1. The molecule has 0 aliphatic carbocycles. The molecule has 2 N–H and O–H groups in total. The monoisotopic (exact) mass is 276 g/mol. The molecule has 0 spiro atoms. The average molecular weight is 277 g/mol. The first kappa shape index (κ1) is 11.3. The van der Waals surface area contributed by atoms with E-state index in [9.17, 15) is 0 Å². The van der Waals surface area contributed by atoms with Crippen molar-refractivity contribution in [2.45, 2.75) is 0 Å². The second-order valence-corrected chi connectivity index (χ2v) is 5.13. The van der Waals surface area contributed by atoms with E-state index >= 15 is 0 Å². The van der Waals surface area contributed by atoms with Crippen LogP contribution in [-0.2, 0) is 0 Å². The molecule has 0 bridgehead atoms. The second kappa shape index (κ2) is 4.48. The van der Waals surface area contributed by atoms with Crippen molar-refractivity contribution < 1.29 is 4.74 Å². The zero-order valence-electron chi connectivity index (χ0n) is 9.26. The fourth-order valence-corrected chi connectivity index (χ4v) is 2.69. The molecule has 0 amide bonds. The van der Waals surface area contributed by atoms with Gasteiger partial charge in [0.15, 0.2) is 10.9 Å². The highest BCUT2D eigenvalue weighted by molar-refractivity contribution is 7.22. The fourth-order valence-electron chi connectivity index (χ4n) is 1.67. The van der Waals surface area contributed by atoms with Gasteiger partial charge in [-0.05, 0) is 24.3 Å². The fraction of sp³-hybridized carbons (Fsp3) is 0. The van der Waals surface area contributed by atoms with Crippen molar-refractivity contribution in [3.8, 4) is 11.5 Å². The molecule has 0 saturated heterocycles. The Morgan fingerprint density at radius 3 is 2.67 bits per heavy atom. The number of anilines is 1. The number of nitrogens with two attached hydrogens (primary N) is 1. The molecule has 18 heavy (non-hydrogen) atoms. The third-order valence-corrected chi connectivity index (χ3v) is 3.79. The van der Waals surface area contributed by atoms with Crippen molar-refractivity contribution in [1.82, 2.24) is 4.98 Å². The highest BCUT2D eigenvalue weighted by atomic mass is 35.5.